The average molecular weight is 361 g/mol. The van der Waals surface area contributed by atoms with Gasteiger partial charge in [-0.05, 0) is 29.7 Å². The second-order valence-electron chi connectivity index (χ2n) is 6.75. The molecule has 0 aliphatic heterocycles. The fourth-order valence-corrected chi connectivity index (χ4v) is 3.12. The van der Waals surface area contributed by atoms with Gasteiger partial charge in [0.25, 0.3) is 0 Å². The van der Waals surface area contributed by atoms with Crippen molar-refractivity contribution in [2.45, 2.75) is 26.7 Å². The molecule has 5 heteroatoms. The van der Waals surface area contributed by atoms with Crippen molar-refractivity contribution in [1.29, 1.82) is 0 Å². The number of hydrogen-bond donors (Lipinski definition) is 1. The van der Waals surface area contributed by atoms with Crippen molar-refractivity contribution in [3.8, 4) is 0 Å². The normalized spacial score (nSPS) is 10.8. The molecule has 0 unspecified atom stereocenters. The number of anilines is 2. The number of nitrogens with zero attached hydrogens (tertiary/aromatic N) is 2. The number of benzene rings is 2. The van der Waals surface area contributed by atoms with Gasteiger partial charge in [-0.1, -0.05) is 50.2 Å². The first-order valence-electron chi connectivity index (χ1n) is 8.98. The van der Waals surface area contributed by atoms with Gasteiger partial charge in [-0.3, -0.25) is 14.6 Å². The number of carbonyl (C=O) groups is 2. The van der Waals surface area contributed by atoms with Crippen molar-refractivity contribution in [2.24, 2.45) is 0 Å². The van der Waals surface area contributed by atoms with Crippen LogP contribution in [0.3, 0.4) is 0 Å². The molecule has 3 aromatic rings. The Morgan fingerprint density at radius 2 is 1.78 bits per heavy atom. The van der Waals surface area contributed by atoms with Crippen LogP contribution in [0.25, 0.3) is 10.9 Å². The van der Waals surface area contributed by atoms with Crippen molar-refractivity contribution in [2.75, 3.05) is 16.8 Å². The topological polar surface area (TPSA) is 62.3 Å². The molecular weight excluding hydrogens is 338 g/mol. The van der Waals surface area contributed by atoms with Crippen LogP contribution in [0.4, 0.5) is 11.4 Å². The predicted octanol–water partition coefficient (Wildman–Crippen LogP) is 4.35. The lowest BCUT2D eigenvalue weighted by Gasteiger charge is -2.22. The molecule has 2 amide bonds. The van der Waals surface area contributed by atoms with Crippen LogP contribution >= 0.6 is 0 Å². The number of nitrogens with one attached hydrogen (secondary N) is 1. The number of carbonyl (C=O) groups excluding carboxylic acids is 2. The maximum absolute atomic E-state index is 12.7. The molecule has 3 rings (SSSR count). The lowest BCUT2D eigenvalue weighted by atomic mass is 10.0. The Morgan fingerprint density at radius 3 is 2.52 bits per heavy atom. The Kier molecular flexibility index (Phi) is 5.50. The number of rotatable bonds is 5. The van der Waals surface area contributed by atoms with E-state index in [2.05, 4.69) is 24.1 Å². The monoisotopic (exact) mass is 361 g/mol. The standard InChI is InChI=1S/C22H23N3O2/c1-15(2)18-10-4-5-11-19(18)24-21(27)14-25(16(3)26)20-12-6-8-17-9-7-13-23-22(17)20/h4-13,15H,14H2,1-3H3,(H,24,27). The third-order valence-corrected chi connectivity index (χ3v) is 4.44. The molecule has 0 fully saturated rings. The average Bonchev–Trinajstić information content (AvgIpc) is 2.66. The fraction of sp³-hybridized carbons (Fsp3) is 0.227. The van der Waals surface area contributed by atoms with Crippen LogP contribution in [0.2, 0.25) is 0 Å². The highest BCUT2D eigenvalue weighted by Gasteiger charge is 2.19. The smallest absolute Gasteiger partial charge is 0.244 e. The zero-order chi connectivity index (χ0) is 19.4. The molecule has 27 heavy (non-hydrogen) atoms. The maximum atomic E-state index is 12.7. The number of hydrogen-bond acceptors (Lipinski definition) is 3. The first-order valence-corrected chi connectivity index (χ1v) is 8.98. The molecule has 1 N–H and O–H groups in total. The van der Waals surface area contributed by atoms with Gasteiger partial charge in [0, 0.05) is 24.2 Å². The molecule has 2 aromatic carbocycles. The molecular formula is C22H23N3O2. The summed E-state index contributed by atoms with van der Waals surface area (Å²) in [7, 11) is 0. The van der Waals surface area contributed by atoms with Gasteiger partial charge in [-0.15, -0.1) is 0 Å². The summed E-state index contributed by atoms with van der Waals surface area (Å²) in [6.45, 7) is 5.54. The highest BCUT2D eigenvalue weighted by Crippen LogP contribution is 2.26. The van der Waals surface area contributed by atoms with E-state index in [1.165, 1.54) is 11.8 Å². The molecule has 0 aliphatic rings. The molecule has 0 bridgehead atoms. The summed E-state index contributed by atoms with van der Waals surface area (Å²) in [5, 5.41) is 3.86. The van der Waals surface area contributed by atoms with Crippen LogP contribution < -0.4 is 10.2 Å². The maximum Gasteiger partial charge on any atom is 0.244 e. The lowest BCUT2D eigenvalue weighted by molar-refractivity contribution is -0.120. The minimum absolute atomic E-state index is 0.0720. The molecule has 0 atom stereocenters. The highest BCUT2D eigenvalue weighted by atomic mass is 16.2. The first kappa shape index (κ1) is 18.6. The summed E-state index contributed by atoms with van der Waals surface area (Å²) in [6, 6.07) is 17.1. The minimum Gasteiger partial charge on any atom is -0.324 e. The zero-order valence-electron chi connectivity index (χ0n) is 15.8. The Hall–Kier alpha value is -3.21. The number of para-hydroxylation sites is 2. The Bertz CT molecular complexity index is 977. The van der Waals surface area contributed by atoms with Crippen LogP contribution in [-0.2, 0) is 9.59 Å². The zero-order valence-corrected chi connectivity index (χ0v) is 15.8. The lowest BCUT2D eigenvalue weighted by Crippen LogP contribution is -2.37. The predicted molar refractivity (Wildman–Crippen MR) is 109 cm³/mol. The molecule has 0 saturated carbocycles. The van der Waals surface area contributed by atoms with E-state index < -0.39 is 0 Å². The van der Waals surface area contributed by atoms with Crippen molar-refractivity contribution >= 4 is 34.1 Å². The van der Waals surface area contributed by atoms with E-state index in [4.69, 9.17) is 0 Å². The molecule has 0 spiro atoms. The van der Waals surface area contributed by atoms with E-state index in [9.17, 15) is 9.59 Å². The summed E-state index contributed by atoms with van der Waals surface area (Å²) < 4.78 is 0. The van der Waals surface area contributed by atoms with Gasteiger partial charge in [0.15, 0.2) is 0 Å². The van der Waals surface area contributed by atoms with Crippen LogP contribution in [0.1, 0.15) is 32.3 Å². The van der Waals surface area contributed by atoms with E-state index in [0.717, 1.165) is 16.6 Å². The van der Waals surface area contributed by atoms with Crippen LogP contribution in [0, 0.1) is 0 Å². The summed E-state index contributed by atoms with van der Waals surface area (Å²) in [5.74, 6) is -0.167. The van der Waals surface area contributed by atoms with E-state index in [-0.39, 0.29) is 24.3 Å². The Morgan fingerprint density at radius 1 is 1.04 bits per heavy atom. The third kappa shape index (κ3) is 4.14. The quantitative estimate of drug-likeness (QED) is 0.735. The molecule has 5 nitrogen and oxygen atoms in total. The Balaban J connectivity index is 1.87. The van der Waals surface area contributed by atoms with Gasteiger partial charge in [0.1, 0.15) is 6.54 Å². The molecule has 0 radical (unpaired) electrons. The van der Waals surface area contributed by atoms with Gasteiger partial charge < -0.3 is 10.2 Å². The van der Waals surface area contributed by atoms with E-state index in [0.29, 0.717) is 11.2 Å². The van der Waals surface area contributed by atoms with Gasteiger partial charge in [0.2, 0.25) is 11.8 Å². The summed E-state index contributed by atoms with van der Waals surface area (Å²) in [6.07, 6.45) is 1.68. The van der Waals surface area contributed by atoms with Crippen molar-refractivity contribution < 1.29 is 9.59 Å². The summed E-state index contributed by atoms with van der Waals surface area (Å²) in [5.41, 5.74) is 3.17. The van der Waals surface area contributed by atoms with Crippen LogP contribution in [0.5, 0.6) is 0 Å². The second kappa shape index (κ2) is 7.99. The largest absolute Gasteiger partial charge is 0.324 e. The number of aromatic nitrogens is 1. The molecule has 1 aromatic heterocycles. The van der Waals surface area contributed by atoms with E-state index in [1.54, 1.807) is 6.20 Å². The fourth-order valence-electron chi connectivity index (χ4n) is 3.12. The van der Waals surface area contributed by atoms with Crippen molar-refractivity contribution in [3.63, 3.8) is 0 Å². The molecule has 138 valence electrons. The second-order valence-corrected chi connectivity index (χ2v) is 6.75. The summed E-state index contributed by atoms with van der Waals surface area (Å²) >= 11 is 0. The van der Waals surface area contributed by atoms with Crippen molar-refractivity contribution in [1.82, 2.24) is 4.98 Å². The Labute approximate surface area is 159 Å². The van der Waals surface area contributed by atoms with Crippen molar-refractivity contribution in [3.05, 3.63) is 66.4 Å². The summed E-state index contributed by atoms with van der Waals surface area (Å²) in [4.78, 5) is 30.8. The first-order chi connectivity index (χ1) is 13.0. The number of amides is 2. The van der Waals surface area contributed by atoms with Gasteiger partial charge in [-0.25, -0.2) is 0 Å². The van der Waals surface area contributed by atoms with E-state index >= 15 is 0 Å². The third-order valence-electron chi connectivity index (χ3n) is 4.44. The van der Waals surface area contributed by atoms with Gasteiger partial charge in [0.05, 0.1) is 11.2 Å². The number of pyridine rings is 1. The number of fused-ring (bicyclic) bond motifs is 1. The van der Waals surface area contributed by atoms with Crippen LogP contribution in [0.15, 0.2) is 60.8 Å². The SMILES string of the molecule is CC(=O)N(CC(=O)Nc1ccccc1C(C)C)c1cccc2cccnc12. The molecule has 0 saturated heterocycles. The minimum atomic E-state index is -0.244. The molecule has 1 heterocycles. The molecule has 0 aliphatic carbocycles. The van der Waals surface area contributed by atoms with Crippen LogP contribution in [-0.4, -0.2) is 23.3 Å². The highest BCUT2D eigenvalue weighted by molar-refractivity contribution is 6.06. The van der Waals surface area contributed by atoms with Gasteiger partial charge in [-0.2, -0.15) is 0 Å². The van der Waals surface area contributed by atoms with E-state index in [1.807, 2.05) is 54.6 Å². The van der Waals surface area contributed by atoms with Gasteiger partial charge >= 0.3 is 0 Å².